The van der Waals surface area contributed by atoms with Crippen molar-refractivity contribution < 1.29 is 9.53 Å². The van der Waals surface area contributed by atoms with Crippen LogP contribution in [0.3, 0.4) is 0 Å². The number of aryl methyl sites for hydroxylation is 2. The van der Waals surface area contributed by atoms with Crippen LogP contribution in [-0.2, 0) is 4.74 Å². The van der Waals surface area contributed by atoms with E-state index in [0.29, 0.717) is 5.78 Å². The van der Waals surface area contributed by atoms with Crippen molar-refractivity contribution in [3.8, 4) is 0 Å². The summed E-state index contributed by atoms with van der Waals surface area (Å²) in [5.74, 6) is 0.488. The normalized spacial score (nSPS) is 25.1. The molecule has 0 N–H and O–H groups in total. The second kappa shape index (κ2) is 4.75. The standard InChI is InChI=1S/C17H22O2/c1-12-4-5-15(13(2)10-12)16(18)14-6-9-19-17(11-14)7-3-8-17/h4-5,10,14H,3,6-9,11H2,1-2H3. The first-order chi connectivity index (χ1) is 9.10. The summed E-state index contributed by atoms with van der Waals surface area (Å²) in [4.78, 5) is 12.7. The van der Waals surface area contributed by atoms with Crippen molar-refractivity contribution in [1.82, 2.24) is 0 Å². The van der Waals surface area contributed by atoms with E-state index < -0.39 is 0 Å². The predicted octanol–water partition coefficient (Wildman–Crippen LogP) is 3.84. The number of carbonyl (C=O) groups excluding carboxylic acids is 1. The summed E-state index contributed by atoms with van der Waals surface area (Å²) in [5, 5.41) is 0. The van der Waals surface area contributed by atoms with Crippen LogP contribution < -0.4 is 0 Å². The van der Waals surface area contributed by atoms with E-state index in [4.69, 9.17) is 4.74 Å². The number of hydrogen-bond donors (Lipinski definition) is 0. The molecule has 3 rings (SSSR count). The van der Waals surface area contributed by atoms with Crippen molar-refractivity contribution in [2.24, 2.45) is 5.92 Å². The average Bonchev–Trinajstić information content (AvgIpc) is 2.36. The highest BCUT2D eigenvalue weighted by Gasteiger charge is 2.44. The van der Waals surface area contributed by atoms with Gasteiger partial charge in [-0.15, -0.1) is 0 Å². The lowest BCUT2D eigenvalue weighted by atomic mass is 9.70. The Kier molecular flexibility index (Phi) is 3.22. The summed E-state index contributed by atoms with van der Waals surface area (Å²) in [6, 6.07) is 6.14. The van der Waals surface area contributed by atoms with Crippen LogP contribution in [0.2, 0.25) is 0 Å². The van der Waals surface area contributed by atoms with Gasteiger partial charge in [-0.2, -0.15) is 0 Å². The van der Waals surface area contributed by atoms with Gasteiger partial charge in [0.15, 0.2) is 5.78 Å². The molecule has 2 heteroatoms. The lowest BCUT2D eigenvalue weighted by Crippen LogP contribution is -2.47. The Morgan fingerprint density at radius 3 is 2.74 bits per heavy atom. The Morgan fingerprint density at radius 1 is 1.32 bits per heavy atom. The molecular formula is C17H22O2. The van der Waals surface area contributed by atoms with Crippen LogP contribution in [0.15, 0.2) is 18.2 Å². The lowest BCUT2D eigenvalue weighted by molar-refractivity contribution is -0.137. The number of hydrogen-bond acceptors (Lipinski definition) is 2. The molecule has 1 atom stereocenters. The van der Waals surface area contributed by atoms with Gasteiger partial charge in [0.1, 0.15) is 0 Å². The molecule has 0 amide bonds. The van der Waals surface area contributed by atoms with E-state index in [9.17, 15) is 4.79 Å². The highest BCUT2D eigenvalue weighted by molar-refractivity contribution is 5.99. The number of benzene rings is 1. The maximum absolute atomic E-state index is 12.7. The Morgan fingerprint density at radius 2 is 2.11 bits per heavy atom. The highest BCUT2D eigenvalue weighted by atomic mass is 16.5. The van der Waals surface area contributed by atoms with Crippen LogP contribution in [0.25, 0.3) is 0 Å². The SMILES string of the molecule is Cc1ccc(C(=O)C2CCOC3(CCC3)C2)c(C)c1. The maximum Gasteiger partial charge on any atom is 0.166 e. The molecule has 1 spiro atoms. The fourth-order valence-electron chi connectivity index (χ4n) is 3.48. The Labute approximate surface area is 115 Å². The first-order valence-corrected chi connectivity index (χ1v) is 7.35. The molecule has 2 aliphatic rings. The van der Waals surface area contributed by atoms with Gasteiger partial charge in [0.05, 0.1) is 5.60 Å². The molecule has 1 aliphatic heterocycles. The molecular weight excluding hydrogens is 236 g/mol. The molecule has 0 radical (unpaired) electrons. The molecule has 0 bridgehead atoms. The molecule has 2 nitrogen and oxygen atoms in total. The molecule has 102 valence electrons. The maximum atomic E-state index is 12.7. The monoisotopic (exact) mass is 258 g/mol. The first kappa shape index (κ1) is 12.9. The van der Waals surface area contributed by atoms with E-state index in [1.807, 2.05) is 19.1 Å². The quantitative estimate of drug-likeness (QED) is 0.753. The molecule has 1 aromatic carbocycles. The third-order valence-corrected chi connectivity index (χ3v) is 4.78. The van der Waals surface area contributed by atoms with Gasteiger partial charge in [-0.05, 0) is 51.5 Å². The van der Waals surface area contributed by atoms with Crippen molar-refractivity contribution in [3.05, 3.63) is 34.9 Å². The summed E-state index contributed by atoms with van der Waals surface area (Å²) >= 11 is 0. The number of ether oxygens (including phenoxy) is 1. The van der Waals surface area contributed by atoms with E-state index in [1.54, 1.807) is 0 Å². The minimum atomic E-state index is 0.0528. The molecule has 1 unspecified atom stereocenters. The summed E-state index contributed by atoms with van der Waals surface area (Å²) in [6.45, 7) is 4.86. The van der Waals surface area contributed by atoms with E-state index >= 15 is 0 Å². The molecule has 1 aromatic rings. The van der Waals surface area contributed by atoms with Crippen molar-refractivity contribution in [1.29, 1.82) is 0 Å². The third kappa shape index (κ3) is 2.34. The van der Waals surface area contributed by atoms with Gasteiger partial charge in [-0.25, -0.2) is 0 Å². The largest absolute Gasteiger partial charge is 0.375 e. The van der Waals surface area contributed by atoms with Crippen LogP contribution in [0, 0.1) is 19.8 Å². The van der Waals surface area contributed by atoms with Gasteiger partial charge < -0.3 is 4.74 Å². The predicted molar refractivity (Wildman–Crippen MR) is 75.5 cm³/mol. The molecule has 0 aromatic heterocycles. The van der Waals surface area contributed by atoms with Crippen molar-refractivity contribution in [3.63, 3.8) is 0 Å². The summed E-state index contributed by atoms with van der Waals surface area (Å²) in [7, 11) is 0. The summed E-state index contributed by atoms with van der Waals surface area (Å²) in [5.41, 5.74) is 3.29. The van der Waals surface area contributed by atoms with Crippen molar-refractivity contribution in [2.45, 2.75) is 51.6 Å². The minimum absolute atomic E-state index is 0.0528. The van der Waals surface area contributed by atoms with E-state index in [2.05, 4.69) is 13.0 Å². The fraction of sp³-hybridized carbons (Fsp3) is 0.588. The van der Waals surface area contributed by atoms with Gasteiger partial charge in [0.25, 0.3) is 0 Å². The van der Waals surface area contributed by atoms with E-state index in [-0.39, 0.29) is 11.5 Å². The van der Waals surface area contributed by atoms with Gasteiger partial charge >= 0.3 is 0 Å². The molecule has 1 aliphatic carbocycles. The summed E-state index contributed by atoms with van der Waals surface area (Å²) in [6.07, 6.45) is 5.35. The second-order valence-corrected chi connectivity index (χ2v) is 6.26. The fourth-order valence-corrected chi connectivity index (χ4v) is 3.48. The zero-order valence-corrected chi connectivity index (χ0v) is 11.9. The summed E-state index contributed by atoms with van der Waals surface area (Å²) < 4.78 is 5.91. The minimum Gasteiger partial charge on any atom is -0.375 e. The first-order valence-electron chi connectivity index (χ1n) is 7.35. The Bertz CT molecular complexity index is 500. The number of rotatable bonds is 2. The van der Waals surface area contributed by atoms with Crippen molar-refractivity contribution >= 4 is 5.78 Å². The Balaban J connectivity index is 1.79. The number of ketones is 1. The number of Topliss-reactive ketones (excluding diaryl/α,β-unsaturated/α-hetero) is 1. The highest BCUT2D eigenvalue weighted by Crippen LogP contribution is 2.45. The number of carbonyl (C=O) groups is 1. The smallest absolute Gasteiger partial charge is 0.166 e. The van der Waals surface area contributed by atoms with Gasteiger partial charge in [-0.1, -0.05) is 23.8 Å². The van der Waals surface area contributed by atoms with Crippen LogP contribution in [0.1, 0.15) is 53.6 Å². The van der Waals surface area contributed by atoms with E-state index in [0.717, 1.165) is 43.4 Å². The van der Waals surface area contributed by atoms with Crippen molar-refractivity contribution in [2.75, 3.05) is 6.61 Å². The topological polar surface area (TPSA) is 26.3 Å². The zero-order chi connectivity index (χ0) is 13.5. The second-order valence-electron chi connectivity index (χ2n) is 6.26. The van der Waals surface area contributed by atoms with Gasteiger partial charge in [-0.3, -0.25) is 4.79 Å². The lowest BCUT2D eigenvalue weighted by Gasteiger charge is -2.46. The van der Waals surface area contributed by atoms with E-state index in [1.165, 1.54) is 12.0 Å². The van der Waals surface area contributed by atoms with Gasteiger partial charge in [0, 0.05) is 18.1 Å². The van der Waals surface area contributed by atoms with Crippen LogP contribution in [0.4, 0.5) is 0 Å². The third-order valence-electron chi connectivity index (χ3n) is 4.78. The van der Waals surface area contributed by atoms with Crippen LogP contribution in [-0.4, -0.2) is 18.0 Å². The van der Waals surface area contributed by atoms with Crippen LogP contribution >= 0.6 is 0 Å². The molecule has 2 fully saturated rings. The zero-order valence-electron chi connectivity index (χ0n) is 11.9. The van der Waals surface area contributed by atoms with Gasteiger partial charge in [0.2, 0.25) is 0 Å². The Hall–Kier alpha value is -1.15. The molecule has 1 heterocycles. The average molecular weight is 258 g/mol. The molecule has 19 heavy (non-hydrogen) atoms. The molecule has 1 saturated heterocycles. The molecule has 1 saturated carbocycles. The van der Waals surface area contributed by atoms with Crippen LogP contribution in [0.5, 0.6) is 0 Å².